The van der Waals surface area contributed by atoms with Crippen LogP contribution in [0.15, 0.2) is 0 Å². The summed E-state index contributed by atoms with van der Waals surface area (Å²) in [6.45, 7) is 1.26. The fourth-order valence-electron chi connectivity index (χ4n) is 1.26. The van der Waals surface area contributed by atoms with Crippen LogP contribution in [0, 0.1) is 0 Å². The summed E-state index contributed by atoms with van der Waals surface area (Å²) in [4.78, 5) is 11.3. The lowest BCUT2D eigenvalue weighted by atomic mass is 9.77. The zero-order valence-corrected chi connectivity index (χ0v) is 7.31. The van der Waals surface area contributed by atoms with Crippen molar-refractivity contribution in [3.63, 3.8) is 0 Å². The van der Waals surface area contributed by atoms with Gasteiger partial charge in [0.2, 0.25) is 5.91 Å². The molecule has 1 aliphatic rings. The van der Waals surface area contributed by atoms with Crippen molar-refractivity contribution < 1.29 is 4.79 Å². The third-order valence-electron chi connectivity index (χ3n) is 2.36. The molecule has 0 aromatic carbocycles. The van der Waals surface area contributed by atoms with E-state index in [1.807, 2.05) is 0 Å². The average molecular weight is 171 g/mol. The fraction of sp³-hybridized carbons (Fsp3) is 0.875. The van der Waals surface area contributed by atoms with E-state index in [-0.39, 0.29) is 5.91 Å². The van der Waals surface area contributed by atoms with Gasteiger partial charge in [-0.1, -0.05) is 0 Å². The molecule has 0 heterocycles. The van der Waals surface area contributed by atoms with Gasteiger partial charge in [0.05, 0.1) is 5.54 Å². The van der Waals surface area contributed by atoms with Crippen LogP contribution in [-0.4, -0.2) is 24.5 Å². The van der Waals surface area contributed by atoms with Gasteiger partial charge < -0.3 is 16.8 Å². The number of hydrogen-bond donors (Lipinski definition) is 3. The van der Waals surface area contributed by atoms with Gasteiger partial charge in [-0.05, 0) is 32.2 Å². The second-order valence-corrected chi connectivity index (χ2v) is 3.41. The molecule has 0 aromatic heterocycles. The summed E-state index contributed by atoms with van der Waals surface area (Å²) in [5.74, 6) is -0.0119. The standard InChI is InChI=1S/C8H17N3O/c9-5-2-6-11-7(12)8(10)3-1-4-8/h1-6,9-10H2,(H,11,12). The molecule has 70 valence electrons. The molecule has 4 heteroatoms. The summed E-state index contributed by atoms with van der Waals surface area (Å²) in [5, 5.41) is 2.78. The molecule has 4 nitrogen and oxygen atoms in total. The smallest absolute Gasteiger partial charge is 0.240 e. The van der Waals surface area contributed by atoms with Gasteiger partial charge in [0.1, 0.15) is 0 Å². The minimum absolute atomic E-state index is 0.0119. The molecule has 0 saturated heterocycles. The van der Waals surface area contributed by atoms with Crippen LogP contribution in [0.25, 0.3) is 0 Å². The van der Waals surface area contributed by atoms with Crippen molar-refractivity contribution in [2.45, 2.75) is 31.2 Å². The highest BCUT2D eigenvalue weighted by molar-refractivity contribution is 5.86. The number of amides is 1. The zero-order chi connectivity index (χ0) is 9.03. The lowest BCUT2D eigenvalue weighted by molar-refractivity contribution is -0.129. The van der Waals surface area contributed by atoms with Crippen molar-refractivity contribution in [2.24, 2.45) is 11.5 Å². The summed E-state index contributed by atoms with van der Waals surface area (Å²) >= 11 is 0. The Balaban J connectivity index is 2.19. The molecule has 5 N–H and O–H groups in total. The van der Waals surface area contributed by atoms with E-state index < -0.39 is 5.54 Å². The van der Waals surface area contributed by atoms with Crippen LogP contribution in [0.4, 0.5) is 0 Å². The highest BCUT2D eigenvalue weighted by Crippen LogP contribution is 2.28. The number of rotatable bonds is 4. The molecule has 0 aliphatic heterocycles. The van der Waals surface area contributed by atoms with Crippen LogP contribution < -0.4 is 16.8 Å². The van der Waals surface area contributed by atoms with Crippen LogP contribution in [0.5, 0.6) is 0 Å². The molecule has 1 rings (SSSR count). The predicted octanol–water partition coefficient (Wildman–Crippen LogP) is -0.667. The summed E-state index contributed by atoms with van der Waals surface area (Å²) in [6, 6.07) is 0. The van der Waals surface area contributed by atoms with Crippen molar-refractivity contribution in [1.29, 1.82) is 0 Å². The summed E-state index contributed by atoms with van der Waals surface area (Å²) < 4.78 is 0. The Kier molecular flexibility index (Phi) is 3.05. The van der Waals surface area contributed by atoms with Gasteiger partial charge in [-0.25, -0.2) is 0 Å². The topological polar surface area (TPSA) is 81.1 Å². The molecule has 0 spiro atoms. The van der Waals surface area contributed by atoms with E-state index in [1.54, 1.807) is 0 Å². The molecule has 1 saturated carbocycles. The maximum absolute atomic E-state index is 11.3. The lowest BCUT2D eigenvalue weighted by Crippen LogP contribution is -2.58. The van der Waals surface area contributed by atoms with Gasteiger partial charge in [-0.15, -0.1) is 0 Å². The van der Waals surface area contributed by atoms with E-state index >= 15 is 0 Å². The minimum atomic E-state index is -0.561. The maximum Gasteiger partial charge on any atom is 0.240 e. The van der Waals surface area contributed by atoms with Crippen LogP contribution in [0.3, 0.4) is 0 Å². The van der Waals surface area contributed by atoms with Gasteiger partial charge in [0, 0.05) is 6.54 Å². The van der Waals surface area contributed by atoms with E-state index in [0.717, 1.165) is 25.7 Å². The molecule has 0 bridgehead atoms. The second kappa shape index (κ2) is 3.87. The Labute approximate surface area is 72.7 Å². The quantitative estimate of drug-likeness (QED) is 0.491. The molecule has 12 heavy (non-hydrogen) atoms. The Morgan fingerprint density at radius 1 is 1.50 bits per heavy atom. The van der Waals surface area contributed by atoms with Gasteiger partial charge in [-0.2, -0.15) is 0 Å². The number of hydrogen-bond acceptors (Lipinski definition) is 3. The normalized spacial score (nSPS) is 19.8. The first-order chi connectivity index (χ1) is 5.69. The largest absolute Gasteiger partial charge is 0.354 e. The molecule has 1 fully saturated rings. The lowest BCUT2D eigenvalue weighted by Gasteiger charge is -2.36. The van der Waals surface area contributed by atoms with Crippen LogP contribution >= 0.6 is 0 Å². The molecular weight excluding hydrogens is 154 g/mol. The van der Waals surface area contributed by atoms with E-state index in [1.165, 1.54) is 0 Å². The monoisotopic (exact) mass is 171 g/mol. The first-order valence-corrected chi connectivity index (χ1v) is 4.46. The molecule has 0 aromatic rings. The maximum atomic E-state index is 11.3. The molecule has 1 amide bonds. The van der Waals surface area contributed by atoms with E-state index in [0.29, 0.717) is 13.1 Å². The molecule has 0 radical (unpaired) electrons. The summed E-state index contributed by atoms with van der Waals surface area (Å²) in [5.41, 5.74) is 10.5. The average Bonchev–Trinajstić information content (AvgIpc) is 2.00. The van der Waals surface area contributed by atoms with Crippen molar-refractivity contribution in [1.82, 2.24) is 5.32 Å². The predicted molar refractivity (Wildman–Crippen MR) is 47.5 cm³/mol. The third kappa shape index (κ3) is 1.95. The van der Waals surface area contributed by atoms with Crippen LogP contribution in [0.1, 0.15) is 25.7 Å². The summed E-state index contributed by atoms with van der Waals surface area (Å²) in [7, 11) is 0. The number of nitrogens with two attached hydrogens (primary N) is 2. The van der Waals surface area contributed by atoms with Gasteiger partial charge in [0.25, 0.3) is 0 Å². The molecule has 1 aliphatic carbocycles. The Bertz CT molecular complexity index is 166. The first kappa shape index (κ1) is 9.48. The summed E-state index contributed by atoms with van der Waals surface area (Å²) in [6.07, 6.45) is 3.53. The Morgan fingerprint density at radius 2 is 2.17 bits per heavy atom. The van der Waals surface area contributed by atoms with Crippen molar-refractivity contribution in [2.75, 3.05) is 13.1 Å². The van der Waals surface area contributed by atoms with E-state index in [9.17, 15) is 4.79 Å². The fourth-order valence-corrected chi connectivity index (χ4v) is 1.26. The van der Waals surface area contributed by atoms with Crippen molar-refractivity contribution >= 4 is 5.91 Å². The first-order valence-electron chi connectivity index (χ1n) is 4.46. The molecular formula is C8H17N3O. The number of carbonyl (C=O) groups is 1. The van der Waals surface area contributed by atoms with Gasteiger partial charge in [0.15, 0.2) is 0 Å². The van der Waals surface area contributed by atoms with Gasteiger partial charge >= 0.3 is 0 Å². The Morgan fingerprint density at radius 3 is 2.58 bits per heavy atom. The minimum Gasteiger partial charge on any atom is -0.354 e. The van der Waals surface area contributed by atoms with Crippen LogP contribution in [-0.2, 0) is 4.79 Å². The van der Waals surface area contributed by atoms with Gasteiger partial charge in [-0.3, -0.25) is 4.79 Å². The van der Waals surface area contributed by atoms with E-state index in [2.05, 4.69) is 5.32 Å². The van der Waals surface area contributed by atoms with Crippen molar-refractivity contribution in [3.8, 4) is 0 Å². The molecule has 0 atom stereocenters. The van der Waals surface area contributed by atoms with E-state index in [4.69, 9.17) is 11.5 Å². The SMILES string of the molecule is NCCCNC(=O)C1(N)CCC1. The number of carbonyl (C=O) groups excluding carboxylic acids is 1. The molecule has 0 unspecified atom stereocenters. The highest BCUT2D eigenvalue weighted by Gasteiger charge is 2.39. The zero-order valence-electron chi connectivity index (χ0n) is 7.31. The number of nitrogens with one attached hydrogen (secondary N) is 1. The second-order valence-electron chi connectivity index (χ2n) is 3.41. The third-order valence-corrected chi connectivity index (χ3v) is 2.36. The highest BCUT2D eigenvalue weighted by atomic mass is 16.2. The van der Waals surface area contributed by atoms with Crippen molar-refractivity contribution in [3.05, 3.63) is 0 Å². The Hall–Kier alpha value is -0.610. The van der Waals surface area contributed by atoms with Crippen LogP contribution in [0.2, 0.25) is 0 Å².